The van der Waals surface area contributed by atoms with Gasteiger partial charge in [0.15, 0.2) is 23.3 Å². The molecule has 0 saturated carbocycles. The molecule has 334 valence electrons. The van der Waals surface area contributed by atoms with Crippen LogP contribution in [0, 0.1) is 0 Å². The van der Waals surface area contributed by atoms with E-state index in [2.05, 4.69) is 133 Å². The SMILES string of the molecule is c1ccc(-c2nc(-c3cc(-c4cc5cccnc5c5ccccc45)cc(-c4cc5cccnc5c5ncccc45)c3)nc(-c3nc(-c4ccc5ccccc5c4)nc(-c4ccc5ccccc5c4)n3)n2)cc1. The van der Waals surface area contributed by atoms with Gasteiger partial charge in [0.1, 0.15) is 0 Å². The monoisotopic (exact) mass is 919 g/mol. The molecule has 0 atom stereocenters. The van der Waals surface area contributed by atoms with Gasteiger partial charge in [-0.2, -0.15) is 0 Å². The highest BCUT2D eigenvalue weighted by Gasteiger charge is 2.21. The Bertz CT molecular complexity index is 4250. The first-order chi connectivity index (χ1) is 35.6. The van der Waals surface area contributed by atoms with Crippen molar-refractivity contribution in [2.24, 2.45) is 0 Å². The maximum Gasteiger partial charge on any atom is 0.202 e. The van der Waals surface area contributed by atoms with E-state index >= 15 is 0 Å². The Hall–Kier alpha value is -9.99. The lowest BCUT2D eigenvalue weighted by Gasteiger charge is -2.16. The molecule has 5 aromatic heterocycles. The van der Waals surface area contributed by atoms with Gasteiger partial charge in [-0.1, -0.05) is 146 Å². The topological polar surface area (TPSA) is 116 Å². The number of fused-ring (bicyclic) bond motifs is 8. The number of hydrogen-bond acceptors (Lipinski definition) is 9. The zero-order valence-corrected chi connectivity index (χ0v) is 38.4. The van der Waals surface area contributed by atoms with E-state index in [9.17, 15) is 0 Å². The predicted octanol–water partition coefficient (Wildman–Crippen LogP) is 14.8. The van der Waals surface area contributed by atoms with Gasteiger partial charge in [0.05, 0.1) is 16.6 Å². The molecule has 0 saturated heterocycles. The quantitative estimate of drug-likeness (QED) is 0.144. The highest BCUT2D eigenvalue weighted by atomic mass is 15.1. The zero-order chi connectivity index (χ0) is 47.5. The van der Waals surface area contributed by atoms with Crippen molar-refractivity contribution in [1.29, 1.82) is 0 Å². The molecule has 0 radical (unpaired) electrons. The Morgan fingerprint density at radius 1 is 0.208 bits per heavy atom. The average molecular weight is 920 g/mol. The summed E-state index contributed by atoms with van der Waals surface area (Å²) in [5, 5.41) is 9.56. The first-order valence-electron chi connectivity index (χ1n) is 23.8. The van der Waals surface area contributed by atoms with Crippen LogP contribution in [0.15, 0.2) is 225 Å². The second kappa shape index (κ2) is 16.9. The first kappa shape index (κ1) is 41.0. The molecule has 0 fully saturated rings. The smallest absolute Gasteiger partial charge is 0.202 e. The summed E-state index contributed by atoms with van der Waals surface area (Å²) in [6, 6.07) is 70.9. The number of pyridine rings is 3. The second-order valence-corrected chi connectivity index (χ2v) is 17.8. The van der Waals surface area contributed by atoms with Gasteiger partial charge in [-0.05, 0) is 110 Å². The van der Waals surface area contributed by atoms with Crippen LogP contribution in [0.3, 0.4) is 0 Å². The van der Waals surface area contributed by atoms with Crippen LogP contribution < -0.4 is 0 Å². The van der Waals surface area contributed by atoms with Crippen molar-refractivity contribution in [3.63, 3.8) is 0 Å². The van der Waals surface area contributed by atoms with Gasteiger partial charge in [0.2, 0.25) is 11.6 Å². The summed E-state index contributed by atoms with van der Waals surface area (Å²) in [5.74, 6) is 2.58. The highest BCUT2D eigenvalue weighted by molar-refractivity contribution is 6.14. The summed E-state index contributed by atoms with van der Waals surface area (Å²) < 4.78 is 0. The standard InChI is InChI=1S/C63H37N9/c1-2-15-40(16-3-1)58-67-61(72-62(69-58)63-70-59(45-26-24-38-13-4-6-17-41(38)31-45)68-60(71-63)46-27-25-39-14-5-7-18-42(39)32-46)49-34-47(53-36-43-19-10-28-64-55(43)51-22-9-8-21-50(51)53)33-48(35-49)54-37-44-20-11-29-65-56(44)57-52(54)23-12-30-66-57/h1-37H. The second-order valence-electron chi connectivity index (χ2n) is 17.8. The van der Waals surface area contributed by atoms with Gasteiger partial charge in [-0.3, -0.25) is 15.0 Å². The van der Waals surface area contributed by atoms with E-state index in [1.165, 1.54) is 0 Å². The van der Waals surface area contributed by atoms with Gasteiger partial charge in [0.25, 0.3) is 0 Å². The molecule has 0 amide bonds. The van der Waals surface area contributed by atoms with Crippen molar-refractivity contribution in [2.45, 2.75) is 0 Å². The lowest BCUT2D eigenvalue weighted by Crippen LogP contribution is -2.06. The molecule has 9 aromatic carbocycles. The Morgan fingerprint density at radius 2 is 0.625 bits per heavy atom. The Balaban J connectivity index is 1.04. The van der Waals surface area contributed by atoms with Crippen LogP contribution in [0.2, 0.25) is 0 Å². The van der Waals surface area contributed by atoms with E-state index in [4.69, 9.17) is 44.9 Å². The van der Waals surface area contributed by atoms with E-state index in [1.54, 1.807) is 0 Å². The van der Waals surface area contributed by atoms with Gasteiger partial charge < -0.3 is 0 Å². The number of benzene rings is 9. The third-order valence-electron chi connectivity index (χ3n) is 13.4. The summed E-state index contributed by atoms with van der Waals surface area (Å²) in [6.45, 7) is 0. The summed E-state index contributed by atoms with van der Waals surface area (Å²) in [4.78, 5) is 45.9. The van der Waals surface area contributed by atoms with Gasteiger partial charge in [-0.15, -0.1) is 0 Å². The molecular formula is C63H37N9. The number of nitrogens with zero attached hydrogens (tertiary/aromatic N) is 9. The molecule has 0 N–H and O–H groups in total. The van der Waals surface area contributed by atoms with E-state index in [-0.39, 0.29) is 0 Å². The molecule has 14 rings (SSSR count). The molecular weight excluding hydrogens is 883 g/mol. The van der Waals surface area contributed by atoms with Crippen molar-refractivity contribution < 1.29 is 0 Å². The largest absolute Gasteiger partial charge is 0.256 e. The zero-order valence-electron chi connectivity index (χ0n) is 38.4. The maximum atomic E-state index is 5.36. The fraction of sp³-hybridized carbons (Fsp3) is 0. The fourth-order valence-corrected chi connectivity index (χ4v) is 9.95. The van der Waals surface area contributed by atoms with E-state index < -0.39 is 0 Å². The molecule has 9 nitrogen and oxygen atoms in total. The van der Waals surface area contributed by atoms with Gasteiger partial charge in [0, 0.05) is 62.4 Å². The van der Waals surface area contributed by atoms with Crippen molar-refractivity contribution in [1.82, 2.24) is 44.9 Å². The summed E-state index contributed by atoms with van der Waals surface area (Å²) >= 11 is 0. The highest BCUT2D eigenvalue weighted by Crippen LogP contribution is 2.41. The third kappa shape index (κ3) is 7.23. The summed E-state index contributed by atoms with van der Waals surface area (Å²) in [7, 11) is 0. The predicted molar refractivity (Wildman–Crippen MR) is 290 cm³/mol. The molecule has 0 aliphatic heterocycles. The van der Waals surface area contributed by atoms with Crippen LogP contribution in [-0.2, 0) is 0 Å². The van der Waals surface area contributed by atoms with E-state index in [0.29, 0.717) is 34.9 Å². The molecule has 0 aliphatic rings. The minimum absolute atomic E-state index is 0.311. The van der Waals surface area contributed by atoms with Crippen LogP contribution in [0.5, 0.6) is 0 Å². The van der Waals surface area contributed by atoms with Crippen molar-refractivity contribution in [3.05, 3.63) is 225 Å². The molecule has 0 unspecified atom stereocenters. The molecule has 0 aliphatic carbocycles. The van der Waals surface area contributed by atoms with E-state index in [0.717, 1.165) is 110 Å². The van der Waals surface area contributed by atoms with Crippen LogP contribution in [0.4, 0.5) is 0 Å². The number of rotatable bonds is 7. The molecule has 0 spiro atoms. The Labute approximate surface area is 412 Å². The number of hydrogen-bond donors (Lipinski definition) is 0. The van der Waals surface area contributed by atoms with Gasteiger partial charge in [-0.25, -0.2) is 29.9 Å². The lowest BCUT2D eigenvalue weighted by atomic mass is 9.90. The fourth-order valence-electron chi connectivity index (χ4n) is 9.95. The molecule has 14 aromatic rings. The molecule has 72 heavy (non-hydrogen) atoms. The minimum atomic E-state index is 0.311. The Morgan fingerprint density at radius 3 is 1.25 bits per heavy atom. The lowest BCUT2D eigenvalue weighted by molar-refractivity contribution is 1.00. The normalized spacial score (nSPS) is 11.6. The van der Waals surface area contributed by atoms with Crippen LogP contribution in [0.25, 0.3) is 144 Å². The molecule has 5 heterocycles. The summed E-state index contributed by atoms with van der Waals surface area (Å²) in [6.07, 6.45) is 5.50. The maximum absolute atomic E-state index is 5.36. The third-order valence-corrected chi connectivity index (χ3v) is 13.4. The Kier molecular flexibility index (Phi) is 9.63. The minimum Gasteiger partial charge on any atom is -0.256 e. The summed E-state index contributed by atoms with van der Waals surface area (Å²) in [5.41, 5.74) is 9.91. The van der Waals surface area contributed by atoms with Crippen LogP contribution in [-0.4, -0.2) is 44.9 Å². The average Bonchev–Trinajstić information content (AvgIpc) is 3.46. The van der Waals surface area contributed by atoms with Crippen molar-refractivity contribution in [3.8, 4) is 79.5 Å². The van der Waals surface area contributed by atoms with Crippen LogP contribution in [0.1, 0.15) is 0 Å². The van der Waals surface area contributed by atoms with E-state index in [1.807, 2.05) is 91.4 Å². The van der Waals surface area contributed by atoms with Gasteiger partial charge >= 0.3 is 0 Å². The molecule has 9 heteroatoms. The molecule has 0 bridgehead atoms. The van der Waals surface area contributed by atoms with Crippen molar-refractivity contribution >= 4 is 65.0 Å². The van der Waals surface area contributed by atoms with Crippen LogP contribution >= 0.6 is 0 Å². The first-order valence-corrected chi connectivity index (χ1v) is 23.8. The van der Waals surface area contributed by atoms with Crippen molar-refractivity contribution in [2.75, 3.05) is 0 Å². The number of aromatic nitrogens is 9.